The summed E-state index contributed by atoms with van der Waals surface area (Å²) in [6.45, 7) is 0.807. The highest BCUT2D eigenvalue weighted by molar-refractivity contribution is 7.20. The lowest BCUT2D eigenvalue weighted by Crippen LogP contribution is -2.75. The fourth-order valence-electron chi connectivity index (χ4n) is 9.26. The fourth-order valence-corrected chi connectivity index (χ4v) is 9.26. The number of nitrogens with zero attached hydrogens (tertiary/aromatic N) is 2. The van der Waals surface area contributed by atoms with E-state index in [2.05, 4.69) is 71.4 Å². The van der Waals surface area contributed by atoms with Crippen LogP contribution in [-0.4, -0.2) is 6.15 Å². The lowest BCUT2D eigenvalue weighted by molar-refractivity contribution is -0.676. The third kappa shape index (κ3) is 13.4. The molecule has 0 unspecified atom stereocenters. The van der Waals surface area contributed by atoms with Crippen LogP contribution in [0.25, 0.3) is 22.0 Å². The second-order valence-corrected chi connectivity index (χ2v) is 18.3. The van der Waals surface area contributed by atoms with Crippen molar-refractivity contribution in [3.8, 4) is 17.3 Å². The fraction of sp³-hybridized carbons (Fsp3) is 0.164. The summed E-state index contributed by atoms with van der Waals surface area (Å²) in [4.78, 5) is 0. The van der Waals surface area contributed by atoms with Crippen molar-refractivity contribution in [3.63, 3.8) is 0 Å². The summed E-state index contributed by atoms with van der Waals surface area (Å²) in [5.74, 6) is 0. The van der Waals surface area contributed by atoms with Crippen molar-refractivity contribution in [2.45, 2.75) is 56.0 Å². The molecular weight excluding hydrogens is 1160 g/mol. The summed E-state index contributed by atoms with van der Waals surface area (Å²) in [6.07, 6.45) is -52.7. The van der Waals surface area contributed by atoms with Crippen LogP contribution in [0, 0.1) is 11.3 Å². The average molecular weight is 1180 g/mol. The molecule has 0 bridgehead atoms. The number of hydrogen-bond acceptors (Lipinski definition) is 1. The Kier molecular flexibility index (Phi) is 16.2. The molecule has 0 N–H and O–H groups in total. The molecule has 2 nitrogen and oxygen atoms in total. The number of aromatic nitrogens is 1. The van der Waals surface area contributed by atoms with Gasteiger partial charge in [0.1, 0.15) is 6.15 Å². The third-order valence-corrected chi connectivity index (χ3v) is 12.9. The van der Waals surface area contributed by atoms with Gasteiger partial charge < -0.3 is 0 Å². The Morgan fingerprint density at radius 3 is 0.927 bits per heavy atom. The van der Waals surface area contributed by atoms with Gasteiger partial charge >= 0.3 is 49.4 Å². The van der Waals surface area contributed by atoms with Crippen molar-refractivity contribution < 1.29 is 110 Å². The Morgan fingerprint density at radius 2 is 0.634 bits per heavy atom. The molecule has 82 heavy (non-hydrogen) atoms. The molecule has 8 aromatic rings. The first kappa shape index (κ1) is 61.4. The van der Waals surface area contributed by atoms with Gasteiger partial charge in [0.05, 0.1) is 61.5 Å². The van der Waals surface area contributed by atoms with Crippen molar-refractivity contribution in [1.82, 2.24) is 0 Å². The van der Waals surface area contributed by atoms with Gasteiger partial charge in [0.2, 0.25) is 5.69 Å². The maximum atomic E-state index is 14.2. The predicted octanol–water partition coefficient (Wildman–Crippen LogP) is 15.9. The molecule has 8 rings (SSSR count). The Balaban J connectivity index is 0.000000318. The zero-order valence-corrected chi connectivity index (χ0v) is 40.3. The van der Waals surface area contributed by atoms with Gasteiger partial charge in [-0.2, -0.15) is 137 Å². The molecule has 7 aromatic carbocycles. The molecule has 430 valence electrons. The molecule has 0 radical (unpaired) electrons. The van der Waals surface area contributed by atoms with Gasteiger partial charge in [0.25, 0.3) is 0 Å². The van der Waals surface area contributed by atoms with Crippen molar-refractivity contribution in [1.29, 1.82) is 5.26 Å². The molecule has 0 atom stereocenters. The maximum absolute atomic E-state index is 14.2. The Labute approximate surface area is 446 Å². The SMILES string of the molecule is FC(F)(F)c1cc([B-](c2cc(C(F)(F)F)cc(C(F)(F)F)c2)(c2cc(C(F)(F)F)cc(C(F)(F)F)c2)c2cc(C(F)(F)F)cc(C(F)(F)F)c2)cc(C(F)(F)F)c1.N#Cc1ccc(-c2c3ccccc3cc[n+]2Cc2ccccc2)cc1. The largest absolute Gasteiger partial charge is 0.416 e. The molecule has 1 heterocycles. The molecule has 27 heteroatoms. The van der Waals surface area contributed by atoms with Crippen LogP contribution in [-0.2, 0) is 56.0 Å². The Hall–Kier alpha value is -8.18. The van der Waals surface area contributed by atoms with Crippen molar-refractivity contribution in [2.75, 3.05) is 0 Å². The average Bonchev–Trinajstić information content (AvgIpc) is 1.11. The normalized spacial score (nSPS) is 13.2. The number of rotatable bonds is 7. The van der Waals surface area contributed by atoms with E-state index in [0.717, 1.165) is 12.1 Å². The summed E-state index contributed by atoms with van der Waals surface area (Å²) < 4.78 is 343. The quantitative estimate of drug-likeness (QED) is 0.0888. The van der Waals surface area contributed by atoms with Gasteiger partial charge in [-0.3, -0.25) is 0 Å². The molecule has 0 saturated heterocycles. The van der Waals surface area contributed by atoms with E-state index in [1.807, 2.05) is 30.3 Å². The van der Waals surface area contributed by atoms with Crippen LogP contribution in [0.4, 0.5) is 105 Å². The minimum atomic E-state index is -6.13. The Morgan fingerprint density at radius 1 is 0.341 bits per heavy atom. The third-order valence-electron chi connectivity index (χ3n) is 12.9. The van der Waals surface area contributed by atoms with E-state index in [-0.39, 0.29) is 0 Å². The van der Waals surface area contributed by atoms with Crippen LogP contribution in [0.1, 0.15) is 55.6 Å². The van der Waals surface area contributed by atoms with Gasteiger partial charge in [-0.25, -0.2) is 0 Å². The summed E-state index contributed by atoms with van der Waals surface area (Å²) in [5.41, 5.74) is -26.0. The van der Waals surface area contributed by atoms with Crippen molar-refractivity contribution in [2.24, 2.45) is 0 Å². The number of pyridine rings is 1. The maximum Gasteiger partial charge on any atom is 0.416 e. The number of nitriles is 1. The molecule has 0 aliphatic rings. The second kappa shape index (κ2) is 21.6. The van der Waals surface area contributed by atoms with E-state index in [4.69, 9.17) is 5.26 Å². The number of hydrogen-bond donors (Lipinski definition) is 0. The molecule has 1 aromatic heterocycles. The highest BCUT2D eigenvalue weighted by Crippen LogP contribution is 2.42. The standard InChI is InChI=1S/C32H12BF24.C23H17N2/c34-25(35,36)13-1-14(26(37,38)39)6-21(5-13)33(22-7-15(27(40,41)42)2-16(8-22)28(43,44)45,23-9-17(29(46,47)48)3-18(10-23)30(49,50)51)24-11-19(31(52,53)54)4-20(12-24)32(55,56)57;24-16-18-10-12-21(13-11-18)23-22-9-5-4-8-20(22)14-15-25(23)17-19-6-2-1-3-7-19/h1-12H;1-15H,17H2/q-1;+1. The van der Waals surface area contributed by atoms with E-state index < -0.39 is 195 Å². The molecule has 0 spiro atoms. The highest BCUT2D eigenvalue weighted by atomic mass is 19.4. The van der Waals surface area contributed by atoms with Gasteiger partial charge in [0.15, 0.2) is 12.7 Å². The van der Waals surface area contributed by atoms with E-state index in [1.165, 1.54) is 22.0 Å². The first-order valence-corrected chi connectivity index (χ1v) is 22.9. The van der Waals surface area contributed by atoms with Crippen LogP contribution in [0.5, 0.6) is 0 Å². The predicted molar refractivity (Wildman–Crippen MR) is 250 cm³/mol. The number of alkyl halides is 24. The van der Waals surface area contributed by atoms with Gasteiger partial charge in [0, 0.05) is 17.2 Å². The molecule has 0 aliphatic carbocycles. The van der Waals surface area contributed by atoms with E-state index in [9.17, 15) is 105 Å². The topological polar surface area (TPSA) is 27.7 Å². The summed E-state index contributed by atoms with van der Waals surface area (Å²) >= 11 is 0. The van der Waals surface area contributed by atoms with Crippen LogP contribution in [0.3, 0.4) is 0 Å². The minimum Gasteiger partial charge on any atom is -0.194 e. The van der Waals surface area contributed by atoms with Crippen molar-refractivity contribution in [3.05, 3.63) is 220 Å². The monoisotopic (exact) mass is 1180 g/mol. The van der Waals surface area contributed by atoms with Gasteiger partial charge in [-0.15, -0.1) is 0 Å². The molecule has 0 saturated carbocycles. The van der Waals surface area contributed by atoms with E-state index in [1.54, 1.807) is 0 Å². The van der Waals surface area contributed by atoms with E-state index >= 15 is 0 Å². The van der Waals surface area contributed by atoms with Crippen LogP contribution in [0.2, 0.25) is 0 Å². The summed E-state index contributed by atoms with van der Waals surface area (Å²) in [7, 11) is 0. The smallest absolute Gasteiger partial charge is 0.194 e. The number of fused-ring (bicyclic) bond motifs is 1. The highest BCUT2D eigenvalue weighted by Gasteiger charge is 2.47. The van der Waals surface area contributed by atoms with Crippen LogP contribution >= 0.6 is 0 Å². The minimum absolute atomic E-state index is 0.679. The van der Waals surface area contributed by atoms with Gasteiger partial charge in [-0.05, 0) is 60.0 Å². The lowest BCUT2D eigenvalue weighted by Gasteiger charge is -2.46. The van der Waals surface area contributed by atoms with Crippen molar-refractivity contribution >= 4 is 38.8 Å². The first-order valence-electron chi connectivity index (χ1n) is 22.9. The van der Waals surface area contributed by atoms with Gasteiger partial charge in [-0.1, -0.05) is 97.1 Å². The van der Waals surface area contributed by atoms with E-state index in [0.29, 0.717) is 5.56 Å². The molecule has 0 fully saturated rings. The molecule has 0 amide bonds. The molecular formula is C55H29BF24N2. The number of benzene rings is 7. The Bertz CT molecular complexity index is 3230. The zero-order valence-electron chi connectivity index (χ0n) is 40.3. The second-order valence-electron chi connectivity index (χ2n) is 18.3. The van der Waals surface area contributed by atoms with Crippen LogP contribution < -0.4 is 26.4 Å². The summed E-state index contributed by atoms with van der Waals surface area (Å²) in [6, 6.07) is 22.2. The lowest BCUT2D eigenvalue weighted by atomic mass is 9.12. The van der Waals surface area contributed by atoms with Crippen LogP contribution in [0.15, 0.2) is 164 Å². The zero-order chi connectivity index (χ0) is 61.0. The summed E-state index contributed by atoms with van der Waals surface area (Å²) in [5, 5.41) is 11.5. The molecule has 0 aliphatic heterocycles. The first-order chi connectivity index (χ1) is 37.6. The number of halogens is 24.